The van der Waals surface area contributed by atoms with Crippen LogP contribution in [0.25, 0.3) is 0 Å². The molecule has 0 bridgehead atoms. The highest BCUT2D eigenvalue weighted by Gasteiger charge is 1.91. The largest absolute Gasteiger partial charge is 0.343 e. The van der Waals surface area contributed by atoms with E-state index >= 15 is 0 Å². The zero-order valence-corrected chi connectivity index (χ0v) is 4.64. The zero-order chi connectivity index (χ0) is 6.41. The number of nitriles is 1. The summed E-state index contributed by atoms with van der Waals surface area (Å²) in [6.07, 6.45) is 1.37. The molecule has 3 heteroatoms. The van der Waals surface area contributed by atoms with Gasteiger partial charge in [-0.25, -0.2) is 0 Å². The van der Waals surface area contributed by atoms with Gasteiger partial charge in [0.15, 0.2) is 0 Å². The van der Waals surface area contributed by atoms with Crippen LogP contribution in [0.1, 0.15) is 6.92 Å². The van der Waals surface area contributed by atoms with E-state index in [1.165, 1.54) is 6.42 Å². The van der Waals surface area contributed by atoms with Crippen molar-refractivity contribution in [2.24, 2.45) is 0 Å². The topological polar surface area (TPSA) is 52.9 Å². The molecule has 1 N–H and O–H groups in total. The Kier molecular flexibility index (Phi) is 3.59. The molecule has 3 nitrogen and oxygen atoms in total. The molecule has 0 aliphatic rings. The second-order valence-electron chi connectivity index (χ2n) is 1.16. The van der Waals surface area contributed by atoms with Crippen molar-refractivity contribution >= 4 is 5.91 Å². The highest BCUT2D eigenvalue weighted by atomic mass is 16.1. The Morgan fingerprint density at radius 2 is 2.62 bits per heavy atom. The van der Waals surface area contributed by atoms with Gasteiger partial charge in [-0.05, 0) is 0 Å². The van der Waals surface area contributed by atoms with Crippen LogP contribution in [-0.4, -0.2) is 12.5 Å². The number of hydrogen-bond acceptors (Lipinski definition) is 2. The van der Waals surface area contributed by atoms with Gasteiger partial charge < -0.3 is 5.32 Å². The van der Waals surface area contributed by atoms with Gasteiger partial charge in [-0.2, -0.15) is 5.26 Å². The number of carbonyl (C=O) groups is 1. The third kappa shape index (κ3) is 3.16. The standard InChI is InChI=1S/C5H7N2O/c1-2-5(8)7-4-3-6/h2H,4H2,1H3,(H,7,8). The van der Waals surface area contributed by atoms with Crippen molar-refractivity contribution in [3.63, 3.8) is 0 Å². The lowest BCUT2D eigenvalue weighted by Crippen LogP contribution is -2.22. The van der Waals surface area contributed by atoms with Crippen LogP contribution in [0, 0.1) is 17.8 Å². The van der Waals surface area contributed by atoms with Crippen LogP contribution in [0.4, 0.5) is 0 Å². The van der Waals surface area contributed by atoms with Crippen molar-refractivity contribution in [3.05, 3.63) is 6.42 Å². The van der Waals surface area contributed by atoms with Crippen LogP contribution in [0.15, 0.2) is 0 Å². The fourth-order valence-corrected chi connectivity index (χ4v) is 0.229. The van der Waals surface area contributed by atoms with Crippen LogP contribution >= 0.6 is 0 Å². The van der Waals surface area contributed by atoms with E-state index in [2.05, 4.69) is 5.32 Å². The molecule has 0 saturated heterocycles. The van der Waals surface area contributed by atoms with E-state index < -0.39 is 0 Å². The molecule has 0 aromatic rings. The summed E-state index contributed by atoms with van der Waals surface area (Å²) in [7, 11) is 0. The Morgan fingerprint density at radius 3 is 3.00 bits per heavy atom. The van der Waals surface area contributed by atoms with E-state index in [9.17, 15) is 4.79 Å². The van der Waals surface area contributed by atoms with Gasteiger partial charge in [-0.15, -0.1) is 0 Å². The maximum Gasteiger partial charge on any atom is 0.224 e. The molecule has 0 aliphatic carbocycles. The third-order valence-electron chi connectivity index (χ3n) is 0.604. The molecule has 0 fully saturated rings. The van der Waals surface area contributed by atoms with E-state index in [1.54, 1.807) is 13.0 Å². The lowest BCUT2D eigenvalue weighted by molar-refractivity contribution is -0.117. The molecule has 0 atom stereocenters. The summed E-state index contributed by atoms with van der Waals surface area (Å²) >= 11 is 0. The average Bonchev–Trinajstić information content (AvgIpc) is 1.83. The summed E-state index contributed by atoms with van der Waals surface area (Å²) < 4.78 is 0. The van der Waals surface area contributed by atoms with Crippen molar-refractivity contribution in [1.82, 2.24) is 5.32 Å². The fourth-order valence-electron chi connectivity index (χ4n) is 0.229. The lowest BCUT2D eigenvalue weighted by atomic mass is 10.4. The fraction of sp³-hybridized carbons (Fsp3) is 0.400. The molecule has 0 aromatic heterocycles. The minimum Gasteiger partial charge on any atom is -0.343 e. The molecule has 0 aromatic carbocycles. The molecule has 0 aliphatic heterocycles. The van der Waals surface area contributed by atoms with Gasteiger partial charge in [-0.1, -0.05) is 6.92 Å². The Labute approximate surface area is 48.3 Å². The summed E-state index contributed by atoms with van der Waals surface area (Å²) in [5.74, 6) is -0.202. The van der Waals surface area contributed by atoms with E-state index in [1.807, 2.05) is 0 Å². The first kappa shape index (κ1) is 6.96. The van der Waals surface area contributed by atoms with Crippen molar-refractivity contribution in [1.29, 1.82) is 5.26 Å². The third-order valence-corrected chi connectivity index (χ3v) is 0.604. The van der Waals surface area contributed by atoms with Crippen molar-refractivity contribution in [2.75, 3.05) is 6.54 Å². The average molecular weight is 111 g/mol. The van der Waals surface area contributed by atoms with Crippen molar-refractivity contribution in [2.45, 2.75) is 6.92 Å². The van der Waals surface area contributed by atoms with E-state index in [4.69, 9.17) is 5.26 Å². The maximum atomic E-state index is 10.3. The quantitative estimate of drug-likeness (QED) is 0.504. The molecule has 0 spiro atoms. The molecule has 0 saturated carbocycles. The molecular weight excluding hydrogens is 104 g/mol. The zero-order valence-electron chi connectivity index (χ0n) is 4.64. The number of rotatable bonds is 2. The molecule has 1 radical (unpaired) electrons. The minimum absolute atomic E-state index is 0.0865. The summed E-state index contributed by atoms with van der Waals surface area (Å²) in [6.45, 7) is 1.70. The number of nitrogens with one attached hydrogen (secondary N) is 1. The van der Waals surface area contributed by atoms with Gasteiger partial charge in [0, 0.05) is 6.42 Å². The SMILES string of the molecule is C[CH]C(=O)NCC#N. The first-order valence-electron chi connectivity index (χ1n) is 2.25. The first-order valence-corrected chi connectivity index (χ1v) is 2.25. The van der Waals surface area contributed by atoms with Crippen LogP contribution in [0.5, 0.6) is 0 Å². The van der Waals surface area contributed by atoms with Gasteiger partial charge in [0.2, 0.25) is 5.91 Å². The Balaban J connectivity index is 3.15. The van der Waals surface area contributed by atoms with Gasteiger partial charge in [0.05, 0.1) is 6.07 Å². The normalized spacial score (nSPS) is 7.50. The van der Waals surface area contributed by atoms with Gasteiger partial charge in [0.25, 0.3) is 0 Å². The monoisotopic (exact) mass is 111 g/mol. The second-order valence-corrected chi connectivity index (χ2v) is 1.16. The summed E-state index contributed by atoms with van der Waals surface area (Å²) in [5, 5.41) is 10.3. The van der Waals surface area contributed by atoms with Gasteiger partial charge >= 0.3 is 0 Å². The van der Waals surface area contributed by atoms with Gasteiger partial charge in [0.1, 0.15) is 6.54 Å². The predicted molar refractivity (Wildman–Crippen MR) is 28.6 cm³/mol. The molecule has 0 unspecified atom stereocenters. The van der Waals surface area contributed by atoms with Crippen molar-refractivity contribution < 1.29 is 4.79 Å². The maximum absolute atomic E-state index is 10.3. The van der Waals surface area contributed by atoms with E-state index in [-0.39, 0.29) is 12.5 Å². The molecule has 0 heterocycles. The number of amides is 1. The Morgan fingerprint density at radius 1 is 2.00 bits per heavy atom. The molecular formula is C5H7N2O. The second kappa shape index (κ2) is 4.13. The number of carbonyl (C=O) groups excluding carboxylic acids is 1. The van der Waals surface area contributed by atoms with Crippen LogP contribution in [0.2, 0.25) is 0 Å². The lowest BCUT2D eigenvalue weighted by Gasteiger charge is -1.91. The summed E-state index contributed by atoms with van der Waals surface area (Å²) in [5.41, 5.74) is 0. The number of hydrogen-bond donors (Lipinski definition) is 1. The smallest absolute Gasteiger partial charge is 0.224 e. The highest BCUT2D eigenvalue weighted by Crippen LogP contribution is 1.69. The van der Waals surface area contributed by atoms with Crippen LogP contribution in [-0.2, 0) is 4.79 Å². The Hall–Kier alpha value is -1.04. The molecule has 8 heavy (non-hydrogen) atoms. The molecule has 43 valence electrons. The van der Waals surface area contributed by atoms with Gasteiger partial charge in [-0.3, -0.25) is 4.79 Å². The van der Waals surface area contributed by atoms with Crippen LogP contribution in [0.3, 0.4) is 0 Å². The molecule has 0 rings (SSSR count). The predicted octanol–water partition coefficient (Wildman–Crippen LogP) is -0.150. The van der Waals surface area contributed by atoms with E-state index in [0.717, 1.165) is 0 Å². The van der Waals surface area contributed by atoms with E-state index in [0.29, 0.717) is 0 Å². The summed E-state index contributed by atoms with van der Waals surface area (Å²) in [4.78, 5) is 10.3. The van der Waals surface area contributed by atoms with Crippen molar-refractivity contribution in [3.8, 4) is 6.07 Å². The van der Waals surface area contributed by atoms with Crippen LogP contribution < -0.4 is 5.32 Å². The minimum atomic E-state index is -0.202. The highest BCUT2D eigenvalue weighted by molar-refractivity contribution is 5.84. The summed E-state index contributed by atoms with van der Waals surface area (Å²) in [6, 6.07) is 1.78. The first-order chi connectivity index (χ1) is 3.81. The molecule has 1 amide bonds. The Bertz CT molecular complexity index is 114. The number of nitrogens with zero attached hydrogens (tertiary/aromatic N) is 1.